The molecule has 0 aromatic heterocycles. The van der Waals surface area contributed by atoms with Crippen molar-refractivity contribution in [2.75, 3.05) is 20.6 Å². The minimum Gasteiger partial charge on any atom is -0.326 e. The third kappa shape index (κ3) is 7.66. The van der Waals surface area contributed by atoms with E-state index in [-0.39, 0.29) is 0 Å². The molecule has 0 spiro atoms. The van der Waals surface area contributed by atoms with Crippen LogP contribution in [0, 0.1) is 0 Å². The van der Waals surface area contributed by atoms with E-state index in [1.165, 1.54) is 63.5 Å². The summed E-state index contributed by atoms with van der Waals surface area (Å²) in [7, 11) is 4.79. The average Bonchev–Trinajstić information content (AvgIpc) is 2.47. The summed E-state index contributed by atoms with van der Waals surface area (Å²) < 4.78 is 1.14. The summed E-state index contributed by atoms with van der Waals surface area (Å²) >= 11 is 0. The molecule has 0 N–H and O–H groups in total. The summed E-state index contributed by atoms with van der Waals surface area (Å²) in [6.45, 7) is 5.99. The van der Waals surface area contributed by atoms with Gasteiger partial charge in [-0.1, -0.05) is 69.4 Å². The van der Waals surface area contributed by atoms with Crippen molar-refractivity contribution in [1.82, 2.24) is 0 Å². The number of hydrogen-bond acceptors (Lipinski definition) is 0. The molecule has 21 heavy (non-hydrogen) atoms. The summed E-state index contributed by atoms with van der Waals surface area (Å²) in [4.78, 5) is 0. The predicted octanol–water partition coefficient (Wildman–Crippen LogP) is 5.44. The average molecular weight is 291 g/mol. The van der Waals surface area contributed by atoms with Gasteiger partial charge >= 0.3 is 0 Å². The Bertz CT molecular complexity index is 355. The summed E-state index contributed by atoms with van der Waals surface area (Å²) in [6, 6.07) is 11.6. The van der Waals surface area contributed by atoms with Crippen LogP contribution in [-0.4, -0.2) is 31.2 Å². The first-order chi connectivity index (χ1) is 10.1. The molecule has 120 valence electrons. The molecule has 1 unspecified atom stereocenters. The van der Waals surface area contributed by atoms with Crippen molar-refractivity contribution in [2.45, 2.75) is 71.3 Å². The number of hydrogen-bond donors (Lipinski definition) is 0. The first-order valence-corrected chi connectivity index (χ1v) is 8.93. The fourth-order valence-electron chi connectivity index (χ4n) is 2.90. The third-order valence-corrected chi connectivity index (χ3v) is 4.91. The number of unbranched alkanes of at least 4 members (excludes halogenated alkanes) is 6. The van der Waals surface area contributed by atoms with Gasteiger partial charge in [-0.15, -0.1) is 0 Å². The van der Waals surface area contributed by atoms with Crippen LogP contribution in [0.25, 0.3) is 0 Å². The molecule has 0 radical (unpaired) electrons. The molecule has 1 aromatic rings. The zero-order valence-corrected chi connectivity index (χ0v) is 14.8. The van der Waals surface area contributed by atoms with E-state index in [2.05, 4.69) is 58.3 Å². The number of nitrogens with zero attached hydrogens (tertiary/aromatic N) is 1. The van der Waals surface area contributed by atoms with Gasteiger partial charge in [-0.25, -0.2) is 0 Å². The maximum Gasteiger partial charge on any atom is 0.0898 e. The van der Waals surface area contributed by atoms with Gasteiger partial charge in [-0.2, -0.15) is 0 Å². The number of rotatable bonds is 11. The Morgan fingerprint density at radius 3 is 2.05 bits per heavy atom. The maximum absolute atomic E-state index is 2.40. The van der Waals surface area contributed by atoms with Crippen molar-refractivity contribution in [3.05, 3.63) is 35.9 Å². The summed E-state index contributed by atoms with van der Waals surface area (Å²) in [6.07, 6.45) is 11.0. The van der Waals surface area contributed by atoms with Crippen LogP contribution in [0.15, 0.2) is 30.3 Å². The fraction of sp³-hybridized carbons (Fsp3) is 0.700. The predicted molar refractivity (Wildman–Crippen MR) is 94.6 cm³/mol. The molecule has 1 atom stereocenters. The fourth-order valence-corrected chi connectivity index (χ4v) is 2.90. The second kappa shape index (κ2) is 10.00. The summed E-state index contributed by atoms with van der Waals surface area (Å²) in [5.41, 5.74) is 1.47. The van der Waals surface area contributed by atoms with Gasteiger partial charge in [-0.05, 0) is 25.3 Å². The summed E-state index contributed by atoms with van der Waals surface area (Å²) in [5.74, 6) is 0. The van der Waals surface area contributed by atoms with Crippen molar-refractivity contribution >= 4 is 0 Å². The molecule has 0 fully saturated rings. The highest BCUT2D eigenvalue weighted by Gasteiger charge is 2.23. The Morgan fingerprint density at radius 1 is 0.857 bits per heavy atom. The minimum absolute atomic E-state index is 0.687. The van der Waals surface area contributed by atoms with Crippen molar-refractivity contribution < 1.29 is 4.48 Å². The SMILES string of the molecule is CCCCCCCCC[N+](C)(C)C(C)Cc1ccccc1. The van der Waals surface area contributed by atoms with Crippen molar-refractivity contribution in [3.8, 4) is 0 Å². The van der Waals surface area contributed by atoms with Gasteiger partial charge in [0.1, 0.15) is 0 Å². The molecular formula is C20H36N+. The summed E-state index contributed by atoms with van der Waals surface area (Å²) in [5, 5.41) is 0. The van der Waals surface area contributed by atoms with E-state index >= 15 is 0 Å². The van der Waals surface area contributed by atoms with Gasteiger partial charge in [0, 0.05) is 6.42 Å². The Morgan fingerprint density at radius 2 is 1.43 bits per heavy atom. The lowest BCUT2D eigenvalue weighted by molar-refractivity contribution is -0.913. The molecule has 1 heteroatoms. The van der Waals surface area contributed by atoms with Crippen LogP contribution in [0.2, 0.25) is 0 Å². The standard InChI is InChI=1S/C20H36N/c1-5-6-7-8-9-10-14-17-21(3,4)19(2)18-20-15-12-11-13-16-20/h11-13,15-16,19H,5-10,14,17-18H2,1-4H3/q+1. The molecular weight excluding hydrogens is 254 g/mol. The molecule has 0 heterocycles. The first kappa shape index (κ1) is 18.2. The van der Waals surface area contributed by atoms with Crippen LogP contribution < -0.4 is 0 Å². The maximum atomic E-state index is 2.40. The molecule has 0 saturated carbocycles. The van der Waals surface area contributed by atoms with Gasteiger partial charge in [-0.3, -0.25) is 0 Å². The second-order valence-corrected chi connectivity index (χ2v) is 7.16. The van der Waals surface area contributed by atoms with Gasteiger partial charge in [0.25, 0.3) is 0 Å². The highest BCUT2D eigenvalue weighted by molar-refractivity contribution is 5.15. The smallest absolute Gasteiger partial charge is 0.0898 e. The van der Waals surface area contributed by atoms with E-state index in [4.69, 9.17) is 0 Å². The van der Waals surface area contributed by atoms with Gasteiger partial charge in [0.15, 0.2) is 0 Å². The lowest BCUT2D eigenvalue weighted by Gasteiger charge is -2.36. The highest BCUT2D eigenvalue weighted by atomic mass is 15.3. The van der Waals surface area contributed by atoms with E-state index in [0.717, 1.165) is 4.48 Å². The Balaban J connectivity index is 2.22. The Hall–Kier alpha value is -0.820. The number of benzene rings is 1. The molecule has 0 aliphatic heterocycles. The lowest BCUT2D eigenvalue weighted by Crippen LogP contribution is -2.48. The van der Waals surface area contributed by atoms with Crippen molar-refractivity contribution in [2.24, 2.45) is 0 Å². The van der Waals surface area contributed by atoms with Crippen LogP contribution in [0.4, 0.5) is 0 Å². The molecule has 0 amide bonds. The monoisotopic (exact) mass is 290 g/mol. The van der Waals surface area contributed by atoms with Crippen LogP contribution >= 0.6 is 0 Å². The van der Waals surface area contributed by atoms with E-state index < -0.39 is 0 Å². The van der Waals surface area contributed by atoms with E-state index in [1.54, 1.807) is 0 Å². The zero-order chi connectivity index (χ0) is 15.6. The van der Waals surface area contributed by atoms with Crippen molar-refractivity contribution in [3.63, 3.8) is 0 Å². The molecule has 1 nitrogen and oxygen atoms in total. The van der Waals surface area contributed by atoms with Gasteiger partial charge in [0.2, 0.25) is 0 Å². The lowest BCUT2D eigenvalue weighted by atomic mass is 10.0. The van der Waals surface area contributed by atoms with Crippen LogP contribution in [0.5, 0.6) is 0 Å². The topological polar surface area (TPSA) is 0 Å². The third-order valence-electron chi connectivity index (χ3n) is 4.91. The first-order valence-electron chi connectivity index (χ1n) is 8.93. The Kier molecular flexibility index (Phi) is 8.68. The molecule has 1 rings (SSSR count). The molecule has 0 bridgehead atoms. The number of likely N-dealkylation sites (N-methyl/N-ethyl adjacent to an activating group) is 1. The largest absolute Gasteiger partial charge is 0.326 e. The quantitative estimate of drug-likeness (QED) is 0.376. The van der Waals surface area contributed by atoms with Gasteiger partial charge < -0.3 is 4.48 Å². The Labute approximate surface area is 133 Å². The van der Waals surface area contributed by atoms with E-state index in [1.807, 2.05) is 0 Å². The molecule has 0 saturated heterocycles. The highest BCUT2D eigenvalue weighted by Crippen LogP contribution is 2.15. The van der Waals surface area contributed by atoms with Gasteiger partial charge in [0.05, 0.1) is 26.7 Å². The second-order valence-electron chi connectivity index (χ2n) is 7.16. The molecule has 0 aliphatic rings. The van der Waals surface area contributed by atoms with Crippen LogP contribution in [0.1, 0.15) is 64.4 Å². The minimum atomic E-state index is 0.687. The normalized spacial score (nSPS) is 13.3. The number of quaternary nitrogens is 1. The zero-order valence-electron chi connectivity index (χ0n) is 14.8. The van der Waals surface area contributed by atoms with E-state index in [0.29, 0.717) is 6.04 Å². The van der Waals surface area contributed by atoms with Crippen LogP contribution in [-0.2, 0) is 6.42 Å². The van der Waals surface area contributed by atoms with Crippen molar-refractivity contribution in [1.29, 1.82) is 0 Å². The van der Waals surface area contributed by atoms with E-state index in [9.17, 15) is 0 Å². The molecule has 1 aromatic carbocycles. The van der Waals surface area contributed by atoms with Crippen LogP contribution in [0.3, 0.4) is 0 Å². The molecule has 0 aliphatic carbocycles.